The first kappa shape index (κ1) is 14.7. The molecule has 0 unspecified atom stereocenters. The van der Waals surface area contributed by atoms with E-state index in [9.17, 15) is 4.79 Å². The summed E-state index contributed by atoms with van der Waals surface area (Å²) in [6.45, 7) is 5.20. The van der Waals surface area contributed by atoms with E-state index in [-0.39, 0.29) is 17.5 Å². The first-order valence-electron chi connectivity index (χ1n) is 6.62. The Hall–Kier alpha value is -2.68. The van der Waals surface area contributed by atoms with Crippen LogP contribution in [0.3, 0.4) is 0 Å². The number of ether oxygens (including phenoxy) is 1. The van der Waals surface area contributed by atoms with E-state index in [1.54, 1.807) is 18.5 Å². The fourth-order valence-electron chi connectivity index (χ4n) is 1.86. The summed E-state index contributed by atoms with van der Waals surface area (Å²) in [7, 11) is 0. The molecular formula is C15H16N4O2. The van der Waals surface area contributed by atoms with Crippen LogP contribution in [0.1, 0.15) is 26.3 Å². The second-order valence-electron chi connectivity index (χ2n) is 4.88. The van der Waals surface area contributed by atoms with Crippen molar-refractivity contribution in [3.05, 3.63) is 29.6 Å². The highest BCUT2D eigenvalue weighted by Crippen LogP contribution is 2.19. The fraction of sp³-hybridized carbons (Fsp3) is 0.333. The van der Waals surface area contributed by atoms with Crippen molar-refractivity contribution in [2.24, 2.45) is 0 Å². The molecule has 0 radical (unpaired) electrons. The minimum absolute atomic E-state index is 0.0157. The predicted octanol–water partition coefficient (Wildman–Crippen LogP) is 2.33. The number of rotatable bonds is 5. The normalized spacial score (nSPS) is 11.7. The summed E-state index contributed by atoms with van der Waals surface area (Å²) < 4.78 is 5.52. The number of hydrogen-bond donors (Lipinski definition) is 1. The molecule has 1 N–H and O–H groups in total. The Balaban J connectivity index is 2.32. The van der Waals surface area contributed by atoms with Gasteiger partial charge in [0.2, 0.25) is 5.88 Å². The number of ketones is 1. The number of Topliss-reactive ketones (excluding diaryl/α,β-unsaturated/α-hetero) is 1. The number of fused-ring (bicyclic) bond motifs is 1. The first-order valence-corrected chi connectivity index (χ1v) is 6.62. The number of hydrogen-bond acceptors (Lipinski definition) is 5. The van der Waals surface area contributed by atoms with E-state index in [0.29, 0.717) is 23.5 Å². The fourth-order valence-corrected chi connectivity index (χ4v) is 1.86. The molecule has 21 heavy (non-hydrogen) atoms. The number of nitriles is 1. The van der Waals surface area contributed by atoms with Crippen LogP contribution in [0.15, 0.2) is 24.0 Å². The van der Waals surface area contributed by atoms with Gasteiger partial charge in [0.15, 0.2) is 11.4 Å². The monoisotopic (exact) mass is 284 g/mol. The number of nitrogens with one attached hydrogen (secondary N) is 1. The number of H-pyrrole nitrogens is 1. The summed E-state index contributed by atoms with van der Waals surface area (Å²) in [6.07, 6.45) is 5.39. The van der Waals surface area contributed by atoms with Crippen molar-refractivity contribution in [3.8, 4) is 11.9 Å². The Morgan fingerprint density at radius 3 is 2.95 bits per heavy atom. The molecule has 2 aromatic heterocycles. The van der Waals surface area contributed by atoms with Crippen LogP contribution in [0.25, 0.3) is 11.2 Å². The lowest BCUT2D eigenvalue weighted by Crippen LogP contribution is -2.07. The third kappa shape index (κ3) is 3.45. The maximum Gasteiger partial charge on any atom is 0.233 e. The van der Waals surface area contributed by atoms with Crippen molar-refractivity contribution in [3.63, 3.8) is 0 Å². The zero-order valence-corrected chi connectivity index (χ0v) is 12.2. The lowest BCUT2D eigenvalue weighted by Gasteiger charge is -2.07. The lowest BCUT2D eigenvalue weighted by atomic mass is 10.1. The molecule has 0 saturated heterocycles. The summed E-state index contributed by atoms with van der Waals surface area (Å²) in [5, 5.41) is 8.89. The number of allylic oxidation sites excluding steroid dienone is 2. The molecule has 0 bridgehead atoms. The zero-order valence-electron chi connectivity index (χ0n) is 12.2. The molecule has 0 saturated carbocycles. The summed E-state index contributed by atoms with van der Waals surface area (Å²) in [5.74, 6) is 0.210. The van der Waals surface area contributed by atoms with Crippen molar-refractivity contribution in [2.45, 2.75) is 33.3 Å². The third-order valence-electron chi connectivity index (χ3n) is 2.82. The van der Waals surface area contributed by atoms with Crippen molar-refractivity contribution >= 4 is 16.9 Å². The number of aromatic nitrogens is 3. The highest BCUT2D eigenvalue weighted by Gasteiger charge is 2.09. The molecular weight excluding hydrogens is 268 g/mol. The molecule has 0 aliphatic carbocycles. The zero-order chi connectivity index (χ0) is 15.4. The molecule has 6 nitrogen and oxygen atoms in total. The molecule has 0 spiro atoms. The molecule has 2 rings (SSSR count). The number of nitrogens with zero attached hydrogens (tertiary/aromatic N) is 3. The largest absolute Gasteiger partial charge is 0.474 e. The minimum Gasteiger partial charge on any atom is -0.474 e. The number of aromatic amines is 1. The molecule has 0 aliphatic heterocycles. The average molecular weight is 284 g/mol. The molecule has 6 heteroatoms. The second kappa shape index (κ2) is 6.18. The van der Waals surface area contributed by atoms with Gasteiger partial charge in [-0.05, 0) is 27.2 Å². The van der Waals surface area contributed by atoms with E-state index < -0.39 is 0 Å². The SMILES string of the molecule is CC(=O)/C(C#N)=C\Cc1c[nH]c2ncc(OC(C)C)nc12. The summed E-state index contributed by atoms with van der Waals surface area (Å²) >= 11 is 0. The maximum absolute atomic E-state index is 11.2. The van der Waals surface area contributed by atoms with Crippen molar-refractivity contribution in [1.82, 2.24) is 15.0 Å². The van der Waals surface area contributed by atoms with Crippen molar-refractivity contribution in [2.75, 3.05) is 0 Å². The molecule has 0 amide bonds. The van der Waals surface area contributed by atoms with Gasteiger partial charge in [0.1, 0.15) is 11.6 Å². The lowest BCUT2D eigenvalue weighted by molar-refractivity contribution is -0.113. The maximum atomic E-state index is 11.2. The first-order chi connectivity index (χ1) is 10.0. The topological polar surface area (TPSA) is 91.7 Å². The number of carbonyl (C=O) groups is 1. The van der Waals surface area contributed by atoms with Crippen LogP contribution in [0.5, 0.6) is 5.88 Å². The van der Waals surface area contributed by atoms with E-state index in [1.807, 2.05) is 19.9 Å². The molecule has 2 heterocycles. The van der Waals surface area contributed by atoms with Crippen LogP contribution in [0.4, 0.5) is 0 Å². The smallest absolute Gasteiger partial charge is 0.233 e. The Labute approximate surface area is 122 Å². The summed E-state index contributed by atoms with van der Waals surface area (Å²) in [4.78, 5) is 22.9. The summed E-state index contributed by atoms with van der Waals surface area (Å²) in [6, 6.07) is 1.89. The Bertz CT molecular complexity index is 738. The van der Waals surface area contributed by atoms with Crippen LogP contribution in [-0.4, -0.2) is 26.8 Å². The van der Waals surface area contributed by atoms with Crippen LogP contribution >= 0.6 is 0 Å². The van der Waals surface area contributed by atoms with Gasteiger partial charge >= 0.3 is 0 Å². The van der Waals surface area contributed by atoms with E-state index in [4.69, 9.17) is 10.00 Å². The van der Waals surface area contributed by atoms with Gasteiger partial charge in [-0.25, -0.2) is 9.97 Å². The Kier molecular flexibility index (Phi) is 4.33. The van der Waals surface area contributed by atoms with Gasteiger partial charge in [0, 0.05) is 11.8 Å². The quantitative estimate of drug-likeness (QED) is 0.672. The molecule has 0 fully saturated rings. The van der Waals surface area contributed by atoms with Gasteiger partial charge in [-0.3, -0.25) is 4.79 Å². The van der Waals surface area contributed by atoms with Gasteiger partial charge in [0.25, 0.3) is 0 Å². The van der Waals surface area contributed by atoms with Crippen LogP contribution in [0, 0.1) is 11.3 Å². The Morgan fingerprint density at radius 2 is 2.33 bits per heavy atom. The molecule has 0 aromatic carbocycles. The number of carbonyl (C=O) groups excluding carboxylic acids is 1. The molecule has 0 aliphatic rings. The van der Waals surface area contributed by atoms with Crippen molar-refractivity contribution in [1.29, 1.82) is 5.26 Å². The van der Waals surface area contributed by atoms with E-state index >= 15 is 0 Å². The molecule has 0 atom stereocenters. The standard InChI is InChI=1S/C15H16N4O2/c1-9(2)21-13-8-18-15-14(19-13)12(7-17-15)5-4-11(6-16)10(3)20/h4,7-9H,5H2,1-3H3,(H,17,18)/b11-4-. The van der Waals surface area contributed by atoms with Crippen LogP contribution in [0.2, 0.25) is 0 Å². The average Bonchev–Trinajstić information content (AvgIpc) is 2.81. The highest BCUT2D eigenvalue weighted by atomic mass is 16.5. The molecule has 108 valence electrons. The molecule has 2 aromatic rings. The second-order valence-corrected chi connectivity index (χ2v) is 4.88. The van der Waals surface area contributed by atoms with Crippen molar-refractivity contribution < 1.29 is 9.53 Å². The summed E-state index contributed by atoms with van der Waals surface area (Å²) in [5.41, 5.74) is 2.34. The van der Waals surface area contributed by atoms with E-state index in [2.05, 4.69) is 15.0 Å². The highest BCUT2D eigenvalue weighted by molar-refractivity contribution is 5.97. The van der Waals surface area contributed by atoms with Gasteiger partial charge in [-0.15, -0.1) is 0 Å². The Morgan fingerprint density at radius 1 is 1.57 bits per heavy atom. The van der Waals surface area contributed by atoms with E-state index in [0.717, 1.165) is 5.56 Å². The van der Waals surface area contributed by atoms with Crippen LogP contribution in [-0.2, 0) is 11.2 Å². The van der Waals surface area contributed by atoms with Gasteiger partial charge in [-0.2, -0.15) is 5.26 Å². The minimum atomic E-state index is -0.243. The predicted molar refractivity (Wildman–Crippen MR) is 77.7 cm³/mol. The van der Waals surface area contributed by atoms with Gasteiger partial charge < -0.3 is 9.72 Å². The van der Waals surface area contributed by atoms with Gasteiger partial charge in [0.05, 0.1) is 17.9 Å². The third-order valence-corrected chi connectivity index (χ3v) is 2.82. The van der Waals surface area contributed by atoms with E-state index in [1.165, 1.54) is 6.92 Å². The van der Waals surface area contributed by atoms with Crippen LogP contribution < -0.4 is 4.74 Å². The van der Waals surface area contributed by atoms with Gasteiger partial charge in [-0.1, -0.05) is 6.08 Å².